The number of hydrogen-bond donors (Lipinski definition) is 2. The van der Waals surface area contributed by atoms with Gasteiger partial charge in [-0.05, 0) is 30.5 Å². The van der Waals surface area contributed by atoms with Crippen LogP contribution in [0.2, 0.25) is 0 Å². The van der Waals surface area contributed by atoms with Gasteiger partial charge in [-0.1, -0.05) is 25.5 Å². The summed E-state index contributed by atoms with van der Waals surface area (Å²) in [7, 11) is 1.68. The molecule has 0 radical (unpaired) electrons. The molecule has 0 spiro atoms. The molecule has 1 aromatic carbocycles. The first kappa shape index (κ1) is 23.6. The van der Waals surface area contributed by atoms with E-state index >= 15 is 0 Å². The Hall–Kier alpha value is -2.71. The molecule has 0 atom stereocenters. The molecule has 2 N–H and O–H groups in total. The van der Waals surface area contributed by atoms with Gasteiger partial charge in [-0.15, -0.1) is 0 Å². The Morgan fingerprint density at radius 1 is 1.13 bits per heavy atom. The number of benzene rings is 1. The molecular formula is C22H31N3O5. The second-order valence-corrected chi connectivity index (χ2v) is 7.21. The molecule has 164 valence electrons. The van der Waals surface area contributed by atoms with Crippen molar-refractivity contribution in [2.45, 2.75) is 33.1 Å². The van der Waals surface area contributed by atoms with E-state index in [4.69, 9.17) is 4.74 Å². The van der Waals surface area contributed by atoms with Crippen LogP contribution in [0.15, 0.2) is 30.0 Å². The van der Waals surface area contributed by atoms with Gasteiger partial charge in [0.15, 0.2) is 0 Å². The fraction of sp³-hybridized carbons (Fsp3) is 0.500. The van der Waals surface area contributed by atoms with E-state index < -0.39 is 0 Å². The van der Waals surface area contributed by atoms with Crippen LogP contribution < -0.4 is 5.32 Å². The summed E-state index contributed by atoms with van der Waals surface area (Å²) in [6.07, 6.45) is 2.60. The number of unbranched alkanes of at least 4 members (excludes halogenated alkanes) is 1. The Balaban J connectivity index is 2.21. The number of hydrogen-bond acceptors (Lipinski definition) is 6. The maximum absolute atomic E-state index is 13.1. The number of aliphatic hydroxyl groups excluding tert-OH is 1. The van der Waals surface area contributed by atoms with Gasteiger partial charge in [-0.25, -0.2) is 0 Å². The number of imide groups is 1. The average molecular weight is 418 g/mol. The van der Waals surface area contributed by atoms with Gasteiger partial charge in [0.05, 0.1) is 12.2 Å². The molecule has 0 unspecified atom stereocenters. The van der Waals surface area contributed by atoms with Crippen LogP contribution in [0.3, 0.4) is 0 Å². The summed E-state index contributed by atoms with van der Waals surface area (Å²) in [5.41, 5.74) is 1.77. The molecule has 1 aliphatic rings. The highest BCUT2D eigenvalue weighted by atomic mass is 16.5. The minimum absolute atomic E-state index is 0.137. The third-order valence-corrected chi connectivity index (χ3v) is 4.77. The molecule has 30 heavy (non-hydrogen) atoms. The van der Waals surface area contributed by atoms with E-state index in [1.807, 2.05) is 0 Å². The number of anilines is 1. The summed E-state index contributed by atoms with van der Waals surface area (Å²) < 4.78 is 5.53. The number of carbonyl (C=O) groups is 3. The number of ether oxygens (including phenoxy) is 1. The van der Waals surface area contributed by atoms with Gasteiger partial charge in [-0.2, -0.15) is 0 Å². The maximum Gasteiger partial charge on any atom is 0.277 e. The van der Waals surface area contributed by atoms with Gasteiger partial charge in [-0.3, -0.25) is 19.3 Å². The smallest absolute Gasteiger partial charge is 0.277 e. The van der Waals surface area contributed by atoms with Crippen molar-refractivity contribution < 1.29 is 24.2 Å². The summed E-state index contributed by atoms with van der Waals surface area (Å²) in [5.74, 6) is -0.921. The Bertz CT molecular complexity index is 788. The first-order chi connectivity index (χ1) is 14.4. The van der Waals surface area contributed by atoms with Crippen molar-refractivity contribution in [2.75, 3.05) is 45.3 Å². The summed E-state index contributed by atoms with van der Waals surface area (Å²) in [6.45, 7) is 5.03. The molecule has 0 bridgehead atoms. The van der Waals surface area contributed by atoms with E-state index in [2.05, 4.69) is 12.2 Å². The normalized spacial score (nSPS) is 13.9. The molecule has 0 aliphatic carbocycles. The first-order valence-corrected chi connectivity index (χ1v) is 10.3. The number of carbonyl (C=O) groups excluding carboxylic acids is 3. The summed E-state index contributed by atoms with van der Waals surface area (Å²) >= 11 is 0. The third kappa shape index (κ3) is 5.90. The van der Waals surface area contributed by atoms with E-state index in [1.165, 1.54) is 11.8 Å². The zero-order valence-corrected chi connectivity index (χ0v) is 17.9. The highest BCUT2D eigenvalue weighted by Gasteiger charge is 2.40. The van der Waals surface area contributed by atoms with Crippen molar-refractivity contribution >= 4 is 29.0 Å². The Labute approximate surface area is 177 Å². The van der Waals surface area contributed by atoms with Crippen LogP contribution in [-0.4, -0.2) is 72.6 Å². The van der Waals surface area contributed by atoms with Crippen LogP contribution in [0, 0.1) is 0 Å². The molecule has 8 heteroatoms. The lowest BCUT2D eigenvalue weighted by atomic mass is 10.0. The molecule has 8 nitrogen and oxygen atoms in total. The third-order valence-electron chi connectivity index (χ3n) is 4.77. The molecular weight excluding hydrogens is 386 g/mol. The largest absolute Gasteiger partial charge is 0.395 e. The number of aliphatic hydroxyl groups is 1. The lowest BCUT2D eigenvalue weighted by Crippen LogP contribution is -2.36. The van der Waals surface area contributed by atoms with Gasteiger partial charge in [0.25, 0.3) is 11.8 Å². The Morgan fingerprint density at radius 2 is 1.80 bits per heavy atom. The molecule has 0 saturated heterocycles. The van der Waals surface area contributed by atoms with Crippen molar-refractivity contribution in [3.05, 3.63) is 35.5 Å². The maximum atomic E-state index is 13.1. The average Bonchev–Trinajstić information content (AvgIpc) is 2.95. The molecule has 0 aromatic heterocycles. The van der Waals surface area contributed by atoms with E-state index in [1.54, 1.807) is 36.2 Å². The standard InChI is InChI=1S/C22H31N3O5/c1-4-5-14-30-15-6-11-25-21(28)19(20(22(25)29)24(3)12-13-26)17-7-9-18(10-8-17)23-16(2)27/h7-10,26H,4-6,11-15H2,1-3H3,(H,23,27). The molecule has 0 saturated carbocycles. The minimum atomic E-state index is -0.370. The van der Waals surface area contributed by atoms with Crippen molar-refractivity contribution in [1.82, 2.24) is 9.80 Å². The van der Waals surface area contributed by atoms with Gasteiger partial charge in [0.1, 0.15) is 5.70 Å². The van der Waals surface area contributed by atoms with Gasteiger partial charge in [0.2, 0.25) is 5.91 Å². The number of nitrogens with zero attached hydrogens (tertiary/aromatic N) is 2. The fourth-order valence-corrected chi connectivity index (χ4v) is 3.24. The monoisotopic (exact) mass is 417 g/mol. The van der Waals surface area contributed by atoms with Gasteiger partial charge in [0, 0.05) is 46.0 Å². The second-order valence-electron chi connectivity index (χ2n) is 7.21. The SMILES string of the molecule is CCCCOCCCN1C(=O)C(c2ccc(NC(C)=O)cc2)=C(N(C)CCO)C1=O. The van der Waals surface area contributed by atoms with E-state index in [0.29, 0.717) is 36.5 Å². The quantitative estimate of drug-likeness (QED) is 0.398. The van der Waals surface area contributed by atoms with Crippen molar-refractivity contribution in [3.63, 3.8) is 0 Å². The molecule has 3 amide bonds. The topological polar surface area (TPSA) is 99.2 Å². The molecule has 0 fully saturated rings. The van der Waals surface area contributed by atoms with Crippen LogP contribution in [0.25, 0.3) is 5.57 Å². The predicted molar refractivity (Wildman–Crippen MR) is 114 cm³/mol. The Morgan fingerprint density at radius 3 is 2.40 bits per heavy atom. The van der Waals surface area contributed by atoms with E-state index in [9.17, 15) is 19.5 Å². The van der Waals surface area contributed by atoms with Crippen LogP contribution in [0.1, 0.15) is 38.7 Å². The molecule has 2 rings (SSSR count). The summed E-state index contributed by atoms with van der Waals surface area (Å²) in [4.78, 5) is 40.2. The number of rotatable bonds is 12. The van der Waals surface area contributed by atoms with E-state index in [0.717, 1.165) is 12.8 Å². The molecule has 1 heterocycles. The summed E-state index contributed by atoms with van der Waals surface area (Å²) in [6, 6.07) is 6.79. The first-order valence-electron chi connectivity index (χ1n) is 10.3. The van der Waals surface area contributed by atoms with Crippen LogP contribution in [-0.2, 0) is 19.1 Å². The van der Waals surface area contributed by atoms with Gasteiger partial charge >= 0.3 is 0 Å². The predicted octanol–water partition coefficient (Wildman–Crippen LogP) is 1.86. The van der Waals surface area contributed by atoms with Crippen molar-refractivity contribution in [3.8, 4) is 0 Å². The van der Waals surface area contributed by atoms with Crippen LogP contribution in [0.4, 0.5) is 5.69 Å². The highest BCUT2D eigenvalue weighted by molar-refractivity contribution is 6.35. The number of amides is 3. The van der Waals surface area contributed by atoms with Crippen LogP contribution >= 0.6 is 0 Å². The lowest BCUT2D eigenvalue weighted by molar-refractivity contribution is -0.137. The number of nitrogens with one attached hydrogen (secondary N) is 1. The zero-order chi connectivity index (χ0) is 22.1. The fourth-order valence-electron chi connectivity index (χ4n) is 3.24. The zero-order valence-electron chi connectivity index (χ0n) is 17.9. The minimum Gasteiger partial charge on any atom is -0.395 e. The van der Waals surface area contributed by atoms with Crippen molar-refractivity contribution in [2.24, 2.45) is 0 Å². The summed E-state index contributed by atoms with van der Waals surface area (Å²) in [5, 5.41) is 12.0. The van der Waals surface area contributed by atoms with Crippen molar-refractivity contribution in [1.29, 1.82) is 0 Å². The molecule has 1 aliphatic heterocycles. The molecule has 1 aromatic rings. The highest BCUT2D eigenvalue weighted by Crippen LogP contribution is 2.31. The van der Waals surface area contributed by atoms with Gasteiger partial charge < -0.3 is 20.1 Å². The van der Waals surface area contributed by atoms with E-state index in [-0.39, 0.29) is 43.1 Å². The van der Waals surface area contributed by atoms with Crippen LogP contribution in [0.5, 0.6) is 0 Å². The second kappa shape index (κ2) is 11.5. The Kier molecular flexibility index (Phi) is 9.01. The number of likely N-dealkylation sites (N-methyl/N-ethyl adjacent to an activating group) is 1. The lowest BCUT2D eigenvalue weighted by Gasteiger charge is -2.20.